The molecular weight excluding hydrogens is 394 g/mol. The smallest absolute Gasteiger partial charge is 0.244 e. The molecule has 4 rings (SSSR count). The van der Waals surface area contributed by atoms with Crippen LogP contribution in [0.25, 0.3) is 0 Å². The maximum absolute atomic E-state index is 13.3. The number of rotatable bonds is 4. The molecule has 0 amide bonds. The van der Waals surface area contributed by atoms with Crippen LogP contribution in [0.3, 0.4) is 0 Å². The van der Waals surface area contributed by atoms with Gasteiger partial charge in [-0.25, -0.2) is 13.4 Å². The standard InChI is InChI=1S/C21H24ClN3O2S/c1-15-7-5-10-18-20(15)19(28(26,27)25-11-3-2-4-12-25)14-23-21(18)24-17-9-6-8-16(22)13-17/h5-9,13-15H,2-4,10-12H2,1H3,(H,23,24). The van der Waals surface area contributed by atoms with Crippen LogP contribution in [0.5, 0.6) is 0 Å². The van der Waals surface area contributed by atoms with Gasteiger partial charge in [0.15, 0.2) is 0 Å². The summed E-state index contributed by atoms with van der Waals surface area (Å²) in [6.45, 7) is 3.21. The molecule has 1 unspecified atom stereocenters. The summed E-state index contributed by atoms with van der Waals surface area (Å²) < 4.78 is 28.3. The fourth-order valence-electron chi connectivity index (χ4n) is 4.00. The first-order valence-corrected chi connectivity index (χ1v) is 11.5. The summed E-state index contributed by atoms with van der Waals surface area (Å²) in [5.41, 5.74) is 2.62. The molecular formula is C21H24ClN3O2S. The Balaban J connectivity index is 1.78. The number of piperidine rings is 1. The third-order valence-electron chi connectivity index (χ3n) is 5.41. The second-order valence-electron chi connectivity index (χ2n) is 7.38. The van der Waals surface area contributed by atoms with E-state index in [2.05, 4.69) is 22.5 Å². The number of aromatic nitrogens is 1. The van der Waals surface area contributed by atoms with Gasteiger partial charge in [0.05, 0.1) is 0 Å². The van der Waals surface area contributed by atoms with Crippen molar-refractivity contribution in [1.29, 1.82) is 0 Å². The van der Waals surface area contributed by atoms with Gasteiger partial charge in [-0.3, -0.25) is 0 Å². The molecule has 2 heterocycles. The second kappa shape index (κ2) is 7.85. The quantitative estimate of drug-likeness (QED) is 0.721. The van der Waals surface area contributed by atoms with Gasteiger partial charge in [0.25, 0.3) is 0 Å². The van der Waals surface area contributed by atoms with Crippen molar-refractivity contribution in [2.45, 2.75) is 43.4 Å². The molecule has 1 aromatic heterocycles. The highest BCUT2D eigenvalue weighted by Gasteiger charge is 2.32. The number of hydrogen-bond acceptors (Lipinski definition) is 4. The number of halogens is 1. The molecule has 5 nitrogen and oxygen atoms in total. The lowest BCUT2D eigenvalue weighted by Gasteiger charge is -2.29. The van der Waals surface area contributed by atoms with Gasteiger partial charge in [-0.2, -0.15) is 4.31 Å². The predicted octanol–water partition coefficient (Wildman–Crippen LogP) is 4.87. The van der Waals surface area contributed by atoms with Gasteiger partial charge in [0.1, 0.15) is 10.7 Å². The Kier molecular flexibility index (Phi) is 5.45. The van der Waals surface area contributed by atoms with E-state index in [0.29, 0.717) is 35.2 Å². The first-order valence-electron chi connectivity index (χ1n) is 9.68. The second-order valence-corrected chi connectivity index (χ2v) is 9.73. The van der Waals surface area contributed by atoms with Crippen molar-refractivity contribution in [3.05, 3.63) is 58.8 Å². The highest BCUT2D eigenvalue weighted by atomic mass is 35.5. The van der Waals surface area contributed by atoms with Crippen molar-refractivity contribution in [2.75, 3.05) is 18.4 Å². The average Bonchev–Trinajstić information content (AvgIpc) is 2.69. The molecule has 1 N–H and O–H groups in total. The van der Waals surface area contributed by atoms with Crippen LogP contribution in [0.4, 0.5) is 11.5 Å². The Bertz CT molecular complexity index is 1010. The molecule has 1 aromatic carbocycles. The number of allylic oxidation sites excluding steroid dienone is 2. The number of anilines is 2. The molecule has 0 radical (unpaired) electrons. The van der Waals surface area contributed by atoms with Crippen molar-refractivity contribution in [3.63, 3.8) is 0 Å². The molecule has 148 valence electrons. The fourth-order valence-corrected chi connectivity index (χ4v) is 5.98. The van der Waals surface area contributed by atoms with Crippen LogP contribution in [0, 0.1) is 0 Å². The molecule has 28 heavy (non-hydrogen) atoms. The monoisotopic (exact) mass is 417 g/mol. The number of pyridine rings is 1. The SMILES string of the molecule is CC1C=CCc2c(Nc3cccc(Cl)c3)ncc(S(=O)(=O)N3CCCCC3)c21. The summed E-state index contributed by atoms with van der Waals surface area (Å²) in [4.78, 5) is 4.86. The number of hydrogen-bond donors (Lipinski definition) is 1. The van der Waals surface area contributed by atoms with E-state index >= 15 is 0 Å². The minimum absolute atomic E-state index is 0.0150. The van der Waals surface area contributed by atoms with Crippen LogP contribution in [0.15, 0.2) is 47.5 Å². The molecule has 1 saturated heterocycles. The van der Waals surface area contributed by atoms with Crippen molar-refractivity contribution < 1.29 is 8.42 Å². The lowest BCUT2D eigenvalue weighted by atomic mass is 9.89. The average molecular weight is 418 g/mol. The third kappa shape index (κ3) is 3.69. The van der Waals surface area contributed by atoms with E-state index in [1.54, 1.807) is 4.31 Å². The molecule has 2 aliphatic rings. The first kappa shape index (κ1) is 19.4. The van der Waals surface area contributed by atoms with E-state index < -0.39 is 10.0 Å². The van der Waals surface area contributed by atoms with Gasteiger partial charge in [-0.15, -0.1) is 0 Å². The summed E-state index contributed by atoms with van der Waals surface area (Å²) in [6.07, 6.45) is 9.24. The van der Waals surface area contributed by atoms with Crippen LogP contribution in [-0.2, 0) is 16.4 Å². The first-order chi connectivity index (χ1) is 13.5. The van der Waals surface area contributed by atoms with Crippen LogP contribution in [-0.4, -0.2) is 30.8 Å². The normalized spacial score (nSPS) is 20.0. The van der Waals surface area contributed by atoms with Gasteiger partial charge >= 0.3 is 0 Å². The molecule has 0 saturated carbocycles. The number of benzene rings is 1. The van der Waals surface area contributed by atoms with Gasteiger partial charge in [0, 0.05) is 41.5 Å². The molecule has 7 heteroatoms. The number of nitrogens with zero attached hydrogens (tertiary/aromatic N) is 2. The zero-order valence-electron chi connectivity index (χ0n) is 15.9. The molecule has 1 aliphatic carbocycles. The minimum Gasteiger partial charge on any atom is -0.340 e. The predicted molar refractivity (Wildman–Crippen MR) is 113 cm³/mol. The lowest BCUT2D eigenvalue weighted by molar-refractivity contribution is 0.346. The Hall–Kier alpha value is -1.89. The third-order valence-corrected chi connectivity index (χ3v) is 7.57. The number of nitrogens with one attached hydrogen (secondary N) is 1. The summed E-state index contributed by atoms with van der Waals surface area (Å²) in [6, 6.07) is 7.43. The van der Waals surface area contributed by atoms with E-state index in [0.717, 1.165) is 36.1 Å². The van der Waals surface area contributed by atoms with E-state index in [9.17, 15) is 8.42 Å². The Labute approximate surface area is 171 Å². The fraction of sp³-hybridized carbons (Fsp3) is 0.381. The molecule has 2 aromatic rings. The molecule has 1 atom stereocenters. The Morgan fingerprint density at radius 2 is 2.00 bits per heavy atom. The number of sulfonamides is 1. The molecule has 1 fully saturated rings. The Morgan fingerprint density at radius 1 is 1.21 bits per heavy atom. The Morgan fingerprint density at radius 3 is 2.75 bits per heavy atom. The van der Waals surface area contributed by atoms with E-state index in [4.69, 9.17) is 11.6 Å². The zero-order chi connectivity index (χ0) is 19.7. The summed E-state index contributed by atoms with van der Waals surface area (Å²) >= 11 is 6.09. The van der Waals surface area contributed by atoms with Gasteiger partial charge < -0.3 is 5.32 Å². The van der Waals surface area contributed by atoms with E-state index in [1.165, 1.54) is 6.20 Å². The minimum atomic E-state index is -3.54. The lowest BCUT2D eigenvalue weighted by Crippen LogP contribution is -2.36. The van der Waals surface area contributed by atoms with Crippen molar-refractivity contribution in [2.24, 2.45) is 0 Å². The highest BCUT2D eigenvalue weighted by molar-refractivity contribution is 7.89. The van der Waals surface area contributed by atoms with Gasteiger partial charge in [-0.1, -0.05) is 43.2 Å². The summed E-state index contributed by atoms with van der Waals surface area (Å²) in [5.74, 6) is 0.701. The topological polar surface area (TPSA) is 62.3 Å². The highest BCUT2D eigenvalue weighted by Crippen LogP contribution is 2.38. The maximum Gasteiger partial charge on any atom is 0.244 e. The van der Waals surface area contributed by atoms with Crippen LogP contribution < -0.4 is 5.32 Å². The molecule has 0 spiro atoms. The maximum atomic E-state index is 13.3. The zero-order valence-corrected chi connectivity index (χ0v) is 17.4. The van der Waals surface area contributed by atoms with Crippen LogP contribution in [0.1, 0.15) is 43.2 Å². The van der Waals surface area contributed by atoms with Crippen molar-refractivity contribution >= 4 is 33.1 Å². The summed E-state index contributed by atoms with van der Waals surface area (Å²) in [7, 11) is -3.54. The van der Waals surface area contributed by atoms with Gasteiger partial charge in [-0.05, 0) is 43.0 Å². The van der Waals surface area contributed by atoms with Crippen LogP contribution >= 0.6 is 11.6 Å². The number of fused-ring (bicyclic) bond motifs is 1. The van der Waals surface area contributed by atoms with E-state index in [-0.39, 0.29) is 5.92 Å². The largest absolute Gasteiger partial charge is 0.340 e. The molecule has 0 bridgehead atoms. The van der Waals surface area contributed by atoms with Crippen LogP contribution in [0.2, 0.25) is 5.02 Å². The molecule has 1 aliphatic heterocycles. The van der Waals surface area contributed by atoms with E-state index in [1.807, 2.05) is 31.2 Å². The van der Waals surface area contributed by atoms with Crippen molar-refractivity contribution in [1.82, 2.24) is 9.29 Å². The van der Waals surface area contributed by atoms with Crippen molar-refractivity contribution in [3.8, 4) is 0 Å². The van der Waals surface area contributed by atoms with Gasteiger partial charge in [0.2, 0.25) is 10.0 Å². The summed E-state index contributed by atoms with van der Waals surface area (Å²) in [5, 5.41) is 3.95.